The van der Waals surface area contributed by atoms with E-state index in [1.165, 1.54) is 12.1 Å². The lowest BCUT2D eigenvalue weighted by Gasteiger charge is -2.19. The molecule has 0 aromatic heterocycles. The van der Waals surface area contributed by atoms with Gasteiger partial charge in [-0.25, -0.2) is 12.8 Å². The fourth-order valence-electron chi connectivity index (χ4n) is 2.22. The maximum atomic E-state index is 14.3. The van der Waals surface area contributed by atoms with Gasteiger partial charge >= 0.3 is 0 Å². The first-order chi connectivity index (χ1) is 10.6. The van der Waals surface area contributed by atoms with Crippen molar-refractivity contribution in [1.29, 1.82) is 0 Å². The van der Waals surface area contributed by atoms with Crippen LogP contribution in [0.2, 0.25) is 5.02 Å². The summed E-state index contributed by atoms with van der Waals surface area (Å²) in [6, 6.07) is 12.8. The van der Waals surface area contributed by atoms with Crippen molar-refractivity contribution in [2.75, 3.05) is 5.75 Å². The van der Waals surface area contributed by atoms with Gasteiger partial charge < -0.3 is 0 Å². The predicted molar refractivity (Wildman–Crippen MR) is 92.5 cm³/mol. The van der Waals surface area contributed by atoms with Crippen LogP contribution in [-0.4, -0.2) is 14.2 Å². The van der Waals surface area contributed by atoms with E-state index in [2.05, 4.69) is 20.8 Å². The number of sulfone groups is 1. The SMILES string of the molecule is CC(C)(C)c1ccc(S(=O)(=O)CC(F)c2ccc(Cl)cc2)cc1. The molecule has 0 radical (unpaired) electrons. The summed E-state index contributed by atoms with van der Waals surface area (Å²) in [6.45, 7) is 6.15. The van der Waals surface area contributed by atoms with E-state index < -0.39 is 21.8 Å². The van der Waals surface area contributed by atoms with Gasteiger partial charge in [-0.1, -0.05) is 56.6 Å². The molecule has 2 aromatic carbocycles. The van der Waals surface area contributed by atoms with E-state index in [4.69, 9.17) is 11.6 Å². The van der Waals surface area contributed by atoms with Crippen LogP contribution in [0.5, 0.6) is 0 Å². The molecule has 0 N–H and O–H groups in total. The highest BCUT2D eigenvalue weighted by Gasteiger charge is 2.23. The average molecular weight is 355 g/mol. The largest absolute Gasteiger partial charge is 0.241 e. The first kappa shape index (κ1) is 18.0. The van der Waals surface area contributed by atoms with Crippen molar-refractivity contribution in [3.05, 3.63) is 64.7 Å². The van der Waals surface area contributed by atoms with Gasteiger partial charge in [-0.3, -0.25) is 0 Å². The summed E-state index contributed by atoms with van der Waals surface area (Å²) in [5.41, 5.74) is 1.28. The van der Waals surface area contributed by atoms with Gasteiger partial charge in [0, 0.05) is 5.02 Å². The second kappa shape index (κ2) is 6.62. The summed E-state index contributed by atoms with van der Waals surface area (Å²) < 4.78 is 39.0. The van der Waals surface area contributed by atoms with Crippen LogP contribution in [0.1, 0.15) is 38.1 Å². The van der Waals surface area contributed by atoms with Crippen LogP contribution in [0.4, 0.5) is 4.39 Å². The van der Waals surface area contributed by atoms with Crippen molar-refractivity contribution in [3.63, 3.8) is 0 Å². The Balaban J connectivity index is 2.20. The number of alkyl halides is 1. The Bertz CT molecular complexity index is 760. The van der Waals surface area contributed by atoms with E-state index in [1.807, 2.05) is 0 Å². The van der Waals surface area contributed by atoms with E-state index in [0.717, 1.165) is 5.56 Å². The molecule has 0 saturated carbocycles. The molecule has 0 saturated heterocycles. The third-order valence-electron chi connectivity index (χ3n) is 3.68. The minimum absolute atomic E-state index is 0.0613. The van der Waals surface area contributed by atoms with Crippen LogP contribution in [0.25, 0.3) is 0 Å². The van der Waals surface area contributed by atoms with Crippen LogP contribution < -0.4 is 0 Å². The van der Waals surface area contributed by atoms with Crippen LogP contribution >= 0.6 is 11.6 Å². The van der Waals surface area contributed by atoms with E-state index in [9.17, 15) is 12.8 Å². The van der Waals surface area contributed by atoms with Crippen LogP contribution in [0.15, 0.2) is 53.4 Å². The van der Waals surface area contributed by atoms with E-state index in [-0.39, 0.29) is 10.3 Å². The zero-order chi connectivity index (χ0) is 17.3. The first-order valence-electron chi connectivity index (χ1n) is 7.32. The topological polar surface area (TPSA) is 34.1 Å². The fraction of sp³-hybridized carbons (Fsp3) is 0.333. The summed E-state index contributed by atoms with van der Waals surface area (Å²) in [4.78, 5) is 0.141. The van der Waals surface area contributed by atoms with Gasteiger partial charge in [0.15, 0.2) is 9.84 Å². The van der Waals surface area contributed by atoms with Gasteiger partial charge in [0.25, 0.3) is 0 Å². The van der Waals surface area contributed by atoms with E-state index in [0.29, 0.717) is 10.6 Å². The Morgan fingerprint density at radius 3 is 2.00 bits per heavy atom. The highest BCUT2D eigenvalue weighted by atomic mass is 35.5. The summed E-state index contributed by atoms with van der Waals surface area (Å²) >= 11 is 5.76. The van der Waals surface area contributed by atoms with Crippen molar-refractivity contribution in [1.82, 2.24) is 0 Å². The molecule has 0 spiro atoms. The highest BCUT2D eigenvalue weighted by molar-refractivity contribution is 7.91. The zero-order valence-corrected chi connectivity index (χ0v) is 15.0. The summed E-state index contributed by atoms with van der Waals surface area (Å²) in [7, 11) is -3.69. The Kier molecular flexibility index (Phi) is 5.17. The molecule has 2 rings (SSSR count). The molecule has 23 heavy (non-hydrogen) atoms. The van der Waals surface area contributed by atoms with Gasteiger partial charge in [-0.2, -0.15) is 0 Å². The molecule has 0 heterocycles. The molecule has 0 fully saturated rings. The third-order valence-corrected chi connectivity index (χ3v) is 5.65. The van der Waals surface area contributed by atoms with Gasteiger partial charge in [-0.05, 0) is 40.8 Å². The van der Waals surface area contributed by atoms with E-state index in [1.54, 1.807) is 36.4 Å². The number of halogens is 2. The maximum absolute atomic E-state index is 14.3. The molecular weight excluding hydrogens is 335 g/mol. The molecule has 0 aliphatic rings. The average Bonchev–Trinajstić information content (AvgIpc) is 2.46. The van der Waals surface area contributed by atoms with Crippen LogP contribution in [-0.2, 0) is 15.3 Å². The van der Waals surface area contributed by atoms with Crippen molar-refractivity contribution in [2.45, 2.75) is 37.3 Å². The van der Waals surface area contributed by atoms with Crippen molar-refractivity contribution < 1.29 is 12.8 Å². The quantitative estimate of drug-likeness (QED) is 0.763. The zero-order valence-electron chi connectivity index (χ0n) is 13.4. The Morgan fingerprint density at radius 1 is 1.00 bits per heavy atom. The summed E-state index contributed by atoms with van der Waals surface area (Å²) in [6.07, 6.45) is -1.58. The fourth-order valence-corrected chi connectivity index (χ4v) is 3.67. The second-order valence-corrected chi connectivity index (χ2v) is 9.05. The number of hydrogen-bond donors (Lipinski definition) is 0. The minimum Gasteiger partial charge on any atom is -0.241 e. The third kappa shape index (κ3) is 4.55. The molecule has 5 heteroatoms. The number of rotatable bonds is 4. The summed E-state index contributed by atoms with van der Waals surface area (Å²) in [5, 5.41) is 0.488. The molecule has 124 valence electrons. The van der Waals surface area contributed by atoms with Crippen molar-refractivity contribution in [3.8, 4) is 0 Å². The standard InChI is InChI=1S/C18H20ClFO2S/c1-18(2,3)14-6-10-16(11-7-14)23(21,22)12-17(20)13-4-8-15(19)9-5-13/h4-11,17H,12H2,1-3H3. The number of hydrogen-bond acceptors (Lipinski definition) is 2. The molecule has 0 aliphatic heterocycles. The predicted octanol–water partition coefficient (Wildman–Crippen LogP) is 5.12. The first-order valence-corrected chi connectivity index (χ1v) is 9.35. The second-order valence-electron chi connectivity index (χ2n) is 6.57. The summed E-state index contributed by atoms with van der Waals surface area (Å²) in [5.74, 6) is -0.580. The molecule has 0 aliphatic carbocycles. The Labute approximate surface area is 142 Å². The molecule has 0 amide bonds. The molecule has 2 nitrogen and oxygen atoms in total. The highest BCUT2D eigenvalue weighted by Crippen LogP contribution is 2.27. The van der Waals surface area contributed by atoms with Crippen molar-refractivity contribution in [2.24, 2.45) is 0 Å². The smallest absolute Gasteiger partial charge is 0.181 e. The normalized spacial score (nSPS) is 13.8. The maximum Gasteiger partial charge on any atom is 0.181 e. The monoisotopic (exact) mass is 354 g/mol. The van der Waals surface area contributed by atoms with Gasteiger partial charge in [0.05, 0.1) is 10.6 Å². The molecule has 0 bridgehead atoms. The van der Waals surface area contributed by atoms with Gasteiger partial charge in [0.2, 0.25) is 0 Å². The minimum atomic E-state index is -3.69. The Morgan fingerprint density at radius 2 is 1.52 bits per heavy atom. The van der Waals surface area contributed by atoms with E-state index >= 15 is 0 Å². The lowest BCUT2D eigenvalue weighted by molar-refractivity contribution is 0.374. The molecule has 1 unspecified atom stereocenters. The lowest BCUT2D eigenvalue weighted by Crippen LogP contribution is -2.14. The van der Waals surface area contributed by atoms with Crippen LogP contribution in [0, 0.1) is 0 Å². The van der Waals surface area contributed by atoms with Gasteiger partial charge in [-0.15, -0.1) is 0 Å². The molecule has 2 aromatic rings. The molecule has 1 atom stereocenters. The lowest BCUT2D eigenvalue weighted by atomic mass is 9.87. The van der Waals surface area contributed by atoms with Crippen LogP contribution in [0.3, 0.4) is 0 Å². The Hall–Kier alpha value is -1.39. The van der Waals surface area contributed by atoms with Crippen molar-refractivity contribution >= 4 is 21.4 Å². The number of benzene rings is 2. The molecular formula is C18H20ClFO2S. The van der Waals surface area contributed by atoms with Gasteiger partial charge in [0.1, 0.15) is 6.17 Å².